The Kier molecular flexibility index (Phi) is 9.54. The van der Waals surface area contributed by atoms with Gasteiger partial charge >= 0.3 is 5.97 Å². The van der Waals surface area contributed by atoms with Gasteiger partial charge in [0.15, 0.2) is 0 Å². The van der Waals surface area contributed by atoms with Crippen molar-refractivity contribution in [3.8, 4) is 0 Å². The number of hydrogen-bond acceptors (Lipinski definition) is 8. The SMILES string of the molecule is C[C@@H](O)[C@H](NC(=O)[C@@H]1CCCN1)C(=O)N1CCC[C@H]1C(=O)N1CCC[C@H]1C(=O)N1CCC[C@H]1C(=O)N1CCC[C@H]1C(=O)O. The van der Waals surface area contributed by atoms with Gasteiger partial charge in [0.05, 0.1) is 12.1 Å². The number of aliphatic hydroxyl groups excluding tert-OH is 1. The topological polar surface area (TPSA) is 180 Å². The van der Waals surface area contributed by atoms with Crippen LogP contribution in [-0.4, -0.2) is 140 Å². The second-order valence-corrected chi connectivity index (χ2v) is 12.5. The average Bonchev–Trinajstić information content (AvgIpc) is 3.81. The van der Waals surface area contributed by atoms with Crippen LogP contribution in [0.5, 0.6) is 0 Å². The molecule has 5 rings (SSSR count). The van der Waals surface area contributed by atoms with Crippen molar-refractivity contribution in [2.45, 2.75) is 113 Å². The van der Waals surface area contributed by atoms with Crippen LogP contribution in [0, 0.1) is 0 Å². The molecule has 0 aromatic heterocycles. The van der Waals surface area contributed by atoms with E-state index in [9.17, 15) is 39.0 Å². The van der Waals surface area contributed by atoms with Gasteiger partial charge in [0.2, 0.25) is 29.5 Å². The molecule has 0 saturated carbocycles. The zero-order valence-electron chi connectivity index (χ0n) is 24.8. The maximum Gasteiger partial charge on any atom is 0.326 e. The lowest BCUT2D eigenvalue weighted by Gasteiger charge is -2.36. The summed E-state index contributed by atoms with van der Waals surface area (Å²) in [4.78, 5) is 85.0. The van der Waals surface area contributed by atoms with Crippen LogP contribution in [0.4, 0.5) is 0 Å². The first-order valence-corrected chi connectivity index (χ1v) is 15.8. The number of carbonyl (C=O) groups is 6. The summed E-state index contributed by atoms with van der Waals surface area (Å²) in [6.45, 7) is 3.49. The van der Waals surface area contributed by atoms with E-state index in [2.05, 4.69) is 10.6 Å². The molecule has 0 aromatic carbocycles. The van der Waals surface area contributed by atoms with Crippen LogP contribution in [0.25, 0.3) is 0 Å². The van der Waals surface area contributed by atoms with Gasteiger partial charge in [0.25, 0.3) is 0 Å². The van der Waals surface area contributed by atoms with E-state index in [1.165, 1.54) is 26.5 Å². The zero-order valence-corrected chi connectivity index (χ0v) is 24.8. The van der Waals surface area contributed by atoms with E-state index in [-0.39, 0.29) is 23.6 Å². The largest absolute Gasteiger partial charge is 0.480 e. The lowest BCUT2D eigenvalue weighted by Crippen LogP contribution is -2.60. The Morgan fingerprint density at radius 2 is 1.12 bits per heavy atom. The molecule has 4 N–H and O–H groups in total. The molecule has 5 saturated heterocycles. The third kappa shape index (κ3) is 6.21. The number of amides is 5. The Hall–Kier alpha value is -3.26. The van der Waals surface area contributed by atoms with Gasteiger partial charge in [-0.1, -0.05) is 0 Å². The van der Waals surface area contributed by atoms with Crippen LogP contribution in [0.1, 0.15) is 71.1 Å². The number of carboxylic acids is 1. The minimum atomic E-state index is -1.20. The van der Waals surface area contributed by atoms with Crippen molar-refractivity contribution in [3.05, 3.63) is 0 Å². The van der Waals surface area contributed by atoms with Gasteiger partial charge in [0, 0.05) is 26.2 Å². The highest BCUT2D eigenvalue weighted by molar-refractivity contribution is 5.97. The lowest BCUT2D eigenvalue weighted by molar-refractivity contribution is -0.154. The average molecular weight is 605 g/mol. The van der Waals surface area contributed by atoms with E-state index in [1.54, 1.807) is 0 Å². The van der Waals surface area contributed by atoms with Gasteiger partial charge in [-0.05, 0) is 77.7 Å². The molecule has 5 aliphatic rings. The monoisotopic (exact) mass is 604 g/mol. The minimum absolute atomic E-state index is 0.297. The predicted octanol–water partition coefficient (Wildman–Crippen LogP) is -1.35. The highest BCUT2D eigenvalue weighted by Crippen LogP contribution is 2.30. The molecule has 43 heavy (non-hydrogen) atoms. The van der Waals surface area contributed by atoms with Crippen molar-refractivity contribution in [2.24, 2.45) is 0 Å². The molecule has 0 aliphatic carbocycles. The second-order valence-electron chi connectivity index (χ2n) is 12.5. The van der Waals surface area contributed by atoms with E-state index in [1.807, 2.05) is 0 Å². The van der Waals surface area contributed by atoms with Crippen molar-refractivity contribution in [1.82, 2.24) is 30.2 Å². The predicted molar refractivity (Wildman–Crippen MR) is 151 cm³/mol. The number of carboxylic acid groups (broad SMARTS) is 1. The number of nitrogens with zero attached hydrogens (tertiary/aromatic N) is 4. The summed E-state index contributed by atoms with van der Waals surface area (Å²) in [5, 5.41) is 25.7. The van der Waals surface area contributed by atoms with Crippen LogP contribution in [0.15, 0.2) is 0 Å². The van der Waals surface area contributed by atoms with Crippen molar-refractivity contribution in [3.63, 3.8) is 0 Å². The zero-order chi connectivity index (χ0) is 30.8. The van der Waals surface area contributed by atoms with Gasteiger partial charge in [0.1, 0.15) is 30.2 Å². The summed E-state index contributed by atoms with van der Waals surface area (Å²) in [7, 11) is 0. The molecule has 14 heteroatoms. The van der Waals surface area contributed by atoms with Gasteiger partial charge in [-0.15, -0.1) is 0 Å². The first-order chi connectivity index (χ1) is 20.6. The Morgan fingerprint density at radius 3 is 1.56 bits per heavy atom. The fraction of sp³-hybridized carbons (Fsp3) is 0.793. The number of hydrogen-bond donors (Lipinski definition) is 4. The van der Waals surface area contributed by atoms with Crippen molar-refractivity contribution >= 4 is 35.5 Å². The maximum absolute atomic E-state index is 13.9. The summed E-state index contributed by atoms with van der Waals surface area (Å²) in [5.41, 5.74) is 0. The highest BCUT2D eigenvalue weighted by Gasteiger charge is 2.48. The van der Waals surface area contributed by atoms with E-state index >= 15 is 0 Å². The van der Waals surface area contributed by atoms with Crippen LogP contribution in [-0.2, 0) is 28.8 Å². The Bertz CT molecular complexity index is 1130. The van der Waals surface area contributed by atoms with Gasteiger partial charge in [-0.3, -0.25) is 24.0 Å². The fourth-order valence-electron chi connectivity index (χ4n) is 7.45. The molecule has 0 unspecified atom stereocenters. The summed E-state index contributed by atoms with van der Waals surface area (Å²) in [6.07, 6.45) is 4.38. The summed E-state index contributed by atoms with van der Waals surface area (Å²) >= 11 is 0. The van der Waals surface area contributed by atoms with Crippen LogP contribution in [0.3, 0.4) is 0 Å². The van der Waals surface area contributed by atoms with Gasteiger partial charge in [-0.2, -0.15) is 0 Å². The van der Waals surface area contributed by atoms with Gasteiger partial charge in [-0.25, -0.2) is 4.79 Å². The molecule has 0 radical (unpaired) electrons. The van der Waals surface area contributed by atoms with Crippen LogP contribution in [0.2, 0.25) is 0 Å². The summed E-state index contributed by atoms with van der Waals surface area (Å²) in [6, 6.07) is -4.85. The number of aliphatic carboxylic acids is 1. The van der Waals surface area contributed by atoms with Gasteiger partial charge < -0.3 is 40.4 Å². The third-order valence-corrected chi connectivity index (χ3v) is 9.71. The maximum atomic E-state index is 13.9. The molecule has 5 heterocycles. The van der Waals surface area contributed by atoms with Crippen LogP contribution < -0.4 is 10.6 Å². The minimum Gasteiger partial charge on any atom is -0.480 e. The number of carbonyl (C=O) groups excluding carboxylic acids is 5. The number of likely N-dealkylation sites (tertiary alicyclic amines) is 4. The first kappa shape index (κ1) is 31.2. The first-order valence-electron chi connectivity index (χ1n) is 15.8. The molecule has 5 fully saturated rings. The molecular weight excluding hydrogens is 560 g/mol. The molecular formula is C29H44N6O8. The molecule has 0 bridgehead atoms. The molecule has 0 spiro atoms. The van der Waals surface area contributed by atoms with E-state index in [0.717, 1.165) is 6.42 Å². The van der Waals surface area contributed by atoms with E-state index in [0.29, 0.717) is 90.5 Å². The Balaban J connectivity index is 1.26. The van der Waals surface area contributed by atoms with Crippen molar-refractivity contribution in [2.75, 3.05) is 32.7 Å². The van der Waals surface area contributed by atoms with Crippen molar-refractivity contribution in [1.29, 1.82) is 0 Å². The fourth-order valence-corrected chi connectivity index (χ4v) is 7.45. The number of aliphatic hydroxyl groups is 1. The standard InChI is InChI=1S/C29H44N6O8/c1-17(36)23(31-24(37)18-7-2-12-30-18)28(41)34-15-5-10-21(34)26(39)32-13-3-8-19(32)25(38)33-14-4-9-20(33)27(40)35-16-6-11-22(35)29(42)43/h17-23,30,36H,2-16H2,1H3,(H,31,37)(H,42,43)/t17-,18+,19+,20+,21+,22+,23+/m1/s1. The Labute approximate surface area is 251 Å². The molecule has 0 aromatic rings. The Morgan fingerprint density at radius 1 is 0.674 bits per heavy atom. The quantitative estimate of drug-likeness (QED) is 0.261. The second kappa shape index (κ2) is 13.2. The molecule has 7 atom stereocenters. The summed E-state index contributed by atoms with van der Waals surface area (Å²) < 4.78 is 0. The number of nitrogens with one attached hydrogen (secondary N) is 2. The molecule has 14 nitrogen and oxygen atoms in total. The summed E-state index contributed by atoms with van der Waals surface area (Å²) in [5.74, 6) is -2.94. The molecule has 5 aliphatic heterocycles. The number of rotatable bonds is 8. The third-order valence-electron chi connectivity index (χ3n) is 9.71. The normalized spacial score (nSPS) is 30.5. The van der Waals surface area contributed by atoms with Crippen LogP contribution >= 0.6 is 0 Å². The smallest absolute Gasteiger partial charge is 0.326 e. The lowest BCUT2D eigenvalue weighted by atomic mass is 10.1. The highest BCUT2D eigenvalue weighted by atomic mass is 16.4. The van der Waals surface area contributed by atoms with E-state index in [4.69, 9.17) is 0 Å². The molecule has 238 valence electrons. The van der Waals surface area contributed by atoms with Crippen molar-refractivity contribution < 1.29 is 39.0 Å². The molecule has 5 amide bonds. The van der Waals surface area contributed by atoms with E-state index < -0.39 is 54.2 Å².